The van der Waals surface area contributed by atoms with E-state index in [0.717, 1.165) is 12.8 Å². The summed E-state index contributed by atoms with van der Waals surface area (Å²) in [5.41, 5.74) is 0. The van der Waals surface area contributed by atoms with Gasteiger partial charge in [-0.15, -0.1) is 0 Å². The van der Waals surface area contributed by atoms with Crippen molar-refractivity contribution in [1.29, 1.82) is 0 Å². The van der Waals surface area contributed by atoms with E-state index >= 15 is 0 Å². The molecule has 22 heavy (non-hydrogen) atoms. The van der Waals surface area contributed by atoms with Crippen LogP contribution in [-0.4, -0.2) is 71.1 Å². The van der Waals surface area contributed by atoms with Gasteiger partial charge in [0.15, 0.2) is 0 Å². The summed E-state index contributed by atoms with van der Waals surface area (Å²) in [4.78, 5) is 38.9. The first kappa shape index (κ1) is 16.7. The van der Waals surface area contributed by atoms with Crippen molar-refractivity contribution in [2.24, 2.45) is 0 Å². The average molecular weight is 312 g/mol. The van der Waals surface area contributed by atoms with E-state index in [4.69, 9.17) is 9.84 Å². The van der Waals surface area contributed by atoms with E-state index in [1.807, 2.05) is 0 Å². The summed E-state index contributed by atoms with van der Waals surface area (Å²) in [6.45, 7) is 3.52. The lowest BCUT2D eigenvalue weighted by atomic mass is 9.99. The number of piperidine rings is 1. The Kier molecular flexibility index (Phi) is 5.76. The summed E-state index contributed by atoms with van der Waals surface area (Å²) < 4.78 is 5.40. The van der Waals surface area contributed by atoms with Crippen LogP contribution < -0.4 is 0 Å². The van der Waals surface area contributed by atoms with Gasteiger partial charge < -0.3 is 19.6 Å². The first-order chi connectivity index (χ1) is 10.5. The molecule has 0 spiro atoms. The van der Waals surface area contributed by atoms with E-state index < -0.39 is 18.1 Å². The maximum Gasteiger partial charge on any atom is 0.306 e. The number of hydrogen-bond donors (Lipinski definition) is 1. The maximum absolute atomic E-state index is 12.7. The van der Waals surface area contributed by atoms with Crippen molar-refractivity contribution >= 4 is 17.8 Å². The standard InChI is InChI=1S/C15H24N2O5/c1-2-13(18)17-6-4-3-5-12(17)15(21)16-7-8-22-11(10-16)9-14(19)20/h11-12H,2-10H2,1H3,(H,19,20). The molecule has 2 aliphatic heterocycles. The first-order valence-corrected chi connectivity index (χ1v) is 7.94. The lowest BCUT2D eigenvalue weighted by molar-refractivity contribution is -0.154. The summed E-state index contributed by atoms with van der Waals surface area (Å²) in [6, 6.07) is -0.398. The van der Waals surface area contributed by atoms with Crippen molar-refractivity contribution in [1.82, 2.24) is 9.80 Å². The quantitative estimate of drug-likeness (QED) is 0.816. The minimum absolute atomic E-state index is 0.00777. The molecular weight excluding hydrogens is 288 g/mol. The van der Waals surface area contributed by atoms with E-state index in [-0.39, 0.29) is 24.8 Å². The number of aliphatic carboxylic acids is 1. The first-order valence-electron chi connectivity index (χ1n) is 7.94. The highest BCUT2D eigenvalue weighted by molar-refractivity contribution is 5.88. The Morgan fingerprint density at radius 1 is 1.23 bits per heavy atom. The van der Waals surface area contributed by atoms with Crippen LogP contribution in [0.2, 0.25) is 0 Å². The lowest BCUT2D eigenvalue weighted by Gasteiger charge is -2.40. The Bertz CT molecular complexity index is 440. The van der Waals surface area contributed by atoms with Crippen LogP contribution in [0, 0.1) is 0 Å². The van der Waals surface area contributed by atoms with Crippen LogP contribution in [0.5, 0.6) is 0 Å². The number of nitrogens with zero attached hydrogens (tertiary/aromatic N) is 2. The number of carboxylic acid groups (broad SMARTS) is 1. The third-order valence-electron chi connectivity index (χ3n) is 4.26. The molecule has 0 radical (unpaired) electrons. The van der Waals surface area contributed by atoms with Crippen molar-refractivity contribution in [2.45, 2.75) is 51.2 Å². The maximum atomic E-state index is 12.7. The Labute approximate surface area is 130 Å². The van der Waals surface area contributed by atoms with Crippen LogP contribution in [0.15, 0.2) is 0 Å². The predicted molar refractivity (Wildman–Crippen MR) is 78.2 cm³/mol. The molecule has 124 valence electrons. The predicted octanol–water partition coefficient (Wildman–Crippen LogP) is 0.480. The molecule has 2 atom stereocenters. The topological polar surface area (TPSA) is 87.2 Å². The van der Waals surface area contributed by atoms with E-state index in [1.165, 1.54) is 0 Å². The van der Waals surface area contributed by atoms with Gasteiger partial charge in [-0.3, -0.25) is 14.4 Å². The monoisotopic (exact) mass is 312 g/mol. The number of carbonyl (C=O) groups is 3. The second kappa shape index (κ2) is 7.58. The molecule has 2 amide bonds. The second-order valence-corrected chi connectivity index (χ2v) is 5.83. The average Bonchev–Trinajstić information content (AvgIpc) is 2.53. The third-order valence-corrected chi connectivity index (χ3v) is 4.26. The highest BCUT2D eigenvalue weighted by Crippen LogP contribution is 2.21. The normalized spacial score (nSPS) is 25.9. The molecule has 2 unspecified atom stereocenters. The van der Waals surface area contributed by atoms with Gasteiger partial charge in [-0.05, 0) is 19.3 Å². The molecule has 0 bridgehead atoms. The van der Waals surface area contributed by atoms with Gasteiger partial charge in [0.05, 0.1) is 19.1 Å². The van der Waals surface area contributed by atoms with Crippen LogP contribution in [0.25, 0.3) is 0 Å². The van der Waals surface area contributed by atoms with E-state index in [1.54, 1.807) is 16.7 Å². The summed E-state index contributed by atoms with van der Waals surface area (Å²) in [7, 11) is 0. The summed E-state index contributed by atoms with van der Waals surface area (Å²) in [5.74, 6) is -0.992. The molecule has 2 aliphatic rings. The minimum atomic E-state index is -0.931. The van der Waals surface area contributed by atoms with Crippen molar-refractivity contribution in [3.8, 4) is 0 Å². The molecule has 0 aromatic heterocycles. The van der Waals surface area contributed by atoms with Crippen LogP contribution in [0.1, 0.15) is 39.0 Å². The van der Waals surface area contributed by atoms with Crippen LogP contribution in [0.3, 0.4) is 0 Å². The number of morpholine rings is 1. The number of carboxylic acids is 1. The molecule has 7 nitrogen and oxygen atoms in total. The molecule has 0 aliphatic carbocycles. The Morgan fingerprint density at radius 3 is 2.68 bits per heavy atom. The molecule has 2 heterocycles. The number of amides is 2. The number of hydrogen-bond acceptors (Lipinski definition) is 4. The largest absolute Gasteiger partial charge is 0.481 e. The molecule has 1 N–H and O–H groups in total. The Hall–Kier alpha value is -1.63. The SMILES string of the molecule is CCC(=O)N1CCCCC1C(=O)N1CCOC(CC(=O)O)C1. The fourth-order valence-electron chi connectivity index (χ4n) is 3.14. The number of rotatable bonds is 4. The summed E-state index contributed by atoms with van der Waals surface area (Å²) in [5, 5.41) is 8.85. The van der Waals surface area contributed by atoms with E-state index in [0.29, 0.717) is 32.5 Å². The molecule has 7 heteroatoms. The molecule has 2 fully saturated rings. The molecule has 2 saturated heterocycles. The van der Waals surface area contributed by atoms with Gasteiger partial charge >= 0.3 is 5.97 Å². The zero-order valence-electron chi connectivity index (χ0n) is 13.0. The van der Waals surface area contributed by atoms with Gasteiger partial charge in [0, 0.05) is 26.1 Å². The second-order valence-electron chi connectivity index (χ2n) is 5.83. The molecular formula is C15H24N2O5. The number of likely N-dealkylation sites (tertiary alicyclic amines) is 1. The highest BCUT2D eigenvalue weighted by atomic mass is 16.5. The van der Waals surface area contributed by atoms with E-state index in [9.17, 15) is 14.4 Å². The third kappa shape index (κ3) is 3.97. The molecule has 0 saturated carbocycles. The van der Waals surface area contributed by atoms with Gasteiger partial charge in [-0.25, -0.2) is 0 Å². The van der Waals surface area contributed by atoms with Gasteiger partial charge in [-0.2, -0.15) is 0 Å². The minimum Gasteiger partial charge on any atom is -0.481 e. The van der Waals surface area contributed by atoms with Crippen molar-refractivity contribution in [3.63, 3.8) is 0 Å². The van der Waals surface area contributed by atoms with Crippen LogP contribution in [-0.2, 0) is 19.1 Å². The van der Waals surface area contributed by atoms with Crippen LogP contribution in [0.4, 0.5) is 0 Å². The number of ether oxygens (including phenoxy) is 1. The smallest absolute Gasteiger partial charge is 0.306 e. The van der Waals surface area contributed by atoms with Crippen molar-refractivity contribution < 1.29 is 24.2 Å². The lowest BCUT2D eigenvalue weighted by Crippen LogP contribution is -2.56. The van der Waals surface area contributed by atoms with Gasteiger partial charge in [0.25, 0.3) is 0 Å². The Balaban J connectivity index is 2.01. The zero-order chi connectivity index (χ0) is 16.1. The highest BCUT2D eigenvalue weighted by Gasteiger charge is 2.36. The number of carbonyl (C=O) groups excluding carboxylic acids is 2. The molecule has 2 rings (SSSR count). The van der Waals surface area contributed by atoms with Gasteiger partial charge in [0.1, 0.15) is 6.04 Å². The molecule has 0 aromatic rings. The summed E-state index contributed by atoms with van der Waals surface area (Å²) >= 11 is 0. The fraction of sp³-hybridized carbons (Fsp3) is 0.800. The van der Waals surface area contributed by atoms with Crippen molar-refractivity contribution in [2.75, 3.05) is 26.2 Å². The fourth-order valence-corrected chi connectivity index (χ4v) is 3.14. The van der Waals surface area contributed by atoms with Crippen molar-refractivity contribution in [3.05, 3.63) is 0 Å². The molecule has 0 aromatic carbocycles. The van der Waals surface area contributed by atoms with Crippen LogP contribution >= 0.6 is 0 Å². The van der Waals surface area contributed by atoms with Gasteiger partial charge in [-0.1, -0.05) is 6.92 Å². The van der Waals surface area contributed by atoms with Gasteiger partial charge in [0.2, 0.25) is 11.8 Å². The zero-order valence-corrected chi connectivity index (χ0v) is 13.0. The summed E-state index contributed by atoms with van der Waals surface area (Å²) in [6.07, 6.45) is 2.38. The van der Waals surface area contributed by atoms with E-state index in [2.05, 4.69) is 0 Å². The Morgan fingerprint density at radius 2 is 2.00 bits per heavy atom.